The number of hydrogen-bond donors (Lipinski definition) is 1. The lowest BCUT2D eigenvalue weighted by molar-refractivity contribution is 0.547. The lowest BCUT2D eigenvalue weighted by atomic mass is 9.95. The Balaban J connectivity index is 2.35. The van der Waals surface area contributed by atoms with Crippen LogP contribution in [0.2, 0.25) is 15.1 Å². The van der Waals surface area contributed by atoms with Gasteiger partial charge in [-0.3, -0.25) is 0 Å². The van der Waals surface area contributed by atoms with E-state index in [2.05, 4.69) is 19.2 Å². The molecule has 0 fully saturated rings. The highest BCUT2D eigenvalue weighted by atomic mass is 35.5. The summed E-state index contributed by atoms with van der Waals surface area (Å²) in [7, 11) is 0. The molecule has 2 rings (SSSR count). The summed E-state index contributed by atoms with van der Waals surface area (Å²) < 4.78 is 0. The summed E-state index contributed by atoms with van der Waals surface area (Å²) in [6.45, 7) is 5.05. The standard InChI is InChI=1S/C17H18Cl3N/c1-3-21-16(14-10-13(18)8-7-11(14)2)9-12-5-4-6-15(19)17(12)20/h4-8,10,16,21H,3,9H2,1-2H3. The second-order valence-electron chi connectivity index (χ2n) is 5.03. The molecule has 1 nitrogen and oxygen atoms in total. The van der Waals surface area contributed by atoms with Crippen LogP contribution in [0.25, 0.3) is 0 Å². The Morgan fingerprint density at radius 3 is 2.57 bits per heavy atom. The number of benzene rings is 2. The van der Waals surface area contributed by atoms with Gasteiger partial charge in [-0.2, -0.15) is 0 Å². The normalized spacial score (nSPS) is 12.4. The van der Waals surface area contributed by atoms with Crippen molar-refractivity contribution in [2.24, 2.45) is 0 Å². The molecule has 0 aliphatic heterocycles. The maximum Gasteiger partial charge on any atom is 0.0624 e. The van der Waals surface area contributed by atoms with Gasteiger partial charge in [0.15, 0.2) is 0 Å². The van der Waals surface area contributed by atoms with E-state index in [1.807, 2.05) is 30.3 Å². The first-order chi connectivity index (χ1) is 10.0. The van der Waals surface area contributed by atoms with E-state index in [9.17, 15) is 0 Å². The van der Waals surface area contributed by atoms with Crippen molar-refractivity contribution in [1.29, 1.82) is 0 Å². The molecule has 0 saturated heterocycles. The predicted molar refractivity (Wildman–Crippen MR) is 92.8 cm³/mol. The van der Waals surface area contributed by atoms with Crippen LogP contribution in [0.15, 0.2) is 36.4 Å². The van der Waals surface area contributed by atoms with Crippen LogP contribution in [0.3, 0.4) is 0 Å². The first-order valence-corrected chi connectivity index (χ1v) is 8.08. The highest BCUT2D eigenvalue weighted by Crippen LogP contribution is 2.31. The van der Waals surface area contributed by atoms with Gasteiger partial charge in [0.2, 0.25) is 0 Å². The molecule has 112 valence electrons. The number of hydrogen-bond acceptors (Lipinski definition) is 1. The van der Waals surface area contributed by atoms with Gasteiger partial charge >= 0.3 is 0 Å². The average Bonchev–Trinajstić information content (AvgIpc) is 2.46. The Morgan fingerprint density at radius 1 is 1.10 bits per heavy atom. The maximum absolute atomic E-state index is 6.31. The van der Waals surface area contributed by atoms with Crippen molar-refractivity contribution in [3.8, 4) is 0 Å². The van der Waals surface area contributed by atoms with Crippen LogP contribution in [-0.2, 0) is 6.42 Å². The summed E-state index contributed by atoms with van der Waals surface area (Å²) in [6.07, 6.45) is 0.772. The van der Waals surface area contributed by atoms with Gasteiger partial charge in [0.25, 0.3) is 0 Å². The van der Waals surface area contributed by atoms with Crippen molar-refractivity contribution >= 4 is 34.8 Å². The molecule has 1 unspecified atom stereocenters. The van der Waals surface area contributed by atoms with Crippen molar-refractivity contribution in [3.05, 3.63) is 68.2 Å². The minimum atomic E-state index is 0.157. The Bertz CT molecular complexity index is 625. The molecule has 0 aliphatic rings. The third kappa shape index (κ3) is 4.14. The first-order valence-electron chi connectivity index (χ1n) is 6.95. The van der Waals surface area contributed by atoms with Crippen LogP contribution in [0, 0.1) is 6.92 Å². The van der Waals surface area contributed by atoms with Gasteiger partial charge in [-0.05, 0) is 54.8 Å². The molecule has 2 aromatic carbocycles. The summed E-state index contributed by atoms with van der Waals surface area (Å²) >= 11 is 18.6. The van der Waals surface area contributed by atoms with E-state index in [-0.39, 0.29) is 6.04 Å². The van der Waals surface area contributed by atoms with E-state index in [4.69, 9.17) is 34.8 Å². The molecule has 0 radical (unpaired) electrons. The largest absolute Gasteiger partial charge is 0.310 e. The number of rotatable bonds is 5. The summed E-state index contributed by atoms with van der Waals surface area (Å²) in [5.74, 6) is 0. The molecule has 0 saturated carbocycles. The third-order valence-corrected chi connectivity index (χ3v) is 4.62. The molecule has 1 N–H and O–H groups in total. The molecule has 21 heavy (non-hydrogen) atoms. The van der Waals surface area contributed by atoms with E-state index in [1.54, 1.807) is 6.07 Å². The fourth-order valence-electron chi connectivity index (χ4n) is 2.45. The van der Waals surface area contributed by atoms with Gasteiger partial charge in [0.05, 0.1) is 10.0 Å². The van der Waals surface area contributed by atoms with Crippen molar-refractivity contribution in [1.82, 2.24) is 5.32 Å². The Morgan fingerprint density at radius 2 is 1.86 bits per heavy atom. The fraction of sp³-hybridized carbons (Fsp3) is 0.294. The zero-order valence-electron chi connectivity index (χ0n) is 12.1. The van der Waals surface area contributed by atoms with Gasteiger partial charge in [-0.15, -0.1) is 0 Å². The average molecular weight is 343 g/mol. The Kier molecular flexibility index (Phi) is 5.95. The predicted octanol–water partition coefficient (Wildman–Crippen LogP) is 5.85. The minimum Gasteiger partial charge on any atom is -0.310 e. The Labute approximate surface area is 141 Å². The summed E-state index contributed by atoms with van der Waals surface area (Å²) in [4.78, 5) is 0. The van der Waals surface area contributed by atoms with Crippen LogP contribution in [-0.4, -0.2) is 6.54 Å². The van der Waals surface area contributed by atoms with Gasteiger partial charge < -0.3 is 5.32 Å². The highest BCUT2D eigenvalue weighted by Gasteiger charge is 2.16. The fourth-order valence-corrected chi connectivity index (χ4v) is 3.03. The Hall–Kier alpha value is -0.730. The van der Waals surface area contributed by atoms with Crippen LogP contribution in [0.1, 0.15) is 29.7 Å². The molecule has 0 spiro atoms. The smallest absolute Gasteiger partial charge is 0.0624 e. The SMILES string of the molecule is CCNC(Cc1cccc(Cl)c1Cl)c1cc(Cl)ccc1C. The topological polar surface area (TPSA) is 12.0 Å². The number of halogens is 3. The zero-order chi connectivity index (χ0) is 15.4. The van der Waals surface area contributed by atoms with Crippen molar-refractivity contribution in [2.45, 2.75) is 26.3 Å². The van der Waals surface area contributed by atoms with Crippen LogP contribution >= 0.6 is 34.8 Å². The van der Waals surface area contributed by atoms with Crippen LogP contribution in [0.5, 0.6) is 0 Å². The second-order valence-corrected chi connectivity index (χ2v) is 6.25. The van der Waals surface area contributed by atoms with Gasteiger partial charge in [-0.1, -0.05) is 59.9 Å². The summed E-state index contributed by atoms with van der Waals surface area (Å²) in [5.41, 5.74) is 3.44. The minimum absolute atomic E-state index is 0.157. The lowest BCUT2D eigenvalue weighted by Gasteiger charge is -2.21. The van der Waals surface area contributed by atoms with E-state index in [1.165, 1.54) is 11.1 Å². The molecule has 4 heteroatoms. The molecule has 2 aromatic rings. The van der Waals surface area contributed by atoms with Crippen LogP contribution < -0.4 is 5.32 Å². The quantitative estimate of drug-likeness (QED) is 0.719. The van der Waals surface area contributed by atoms with E-state index < -0.39 is 0 Å². The van der Waals surface area contributed by atoms with Gasteiger partial charge in [0.1, 0.15) is 0 Å². The van der Waals surface area contributed by atoms with E-state index >= 15 is 0 Å². The van der Waals surface area contributed by atoms with E-state index in [0.717, 1.165) is 23.6 Å². The highest BCUT2D eigenvalue weighted by molar-refractivity contribution is 6.42. The van der Waals surface area contributed by atoms with Gasteiger partial charge in [-0.25, -0.2) is 0 Å². The monoisotopic (exact) mass is 341 g/mol. The molecular formula is C17H18Cl3N. The molecular weight excluding hydrogens is 325 g/mol. The van der Waals surface area contributed by atoms with Crippen LogP contribution in [0.4, 0.5) is 0 Å². The molecule has 1 atom stereocenters. The van der Waals surface area contributed by atoms with Gasteiger partial charge in [0, 0.05) is 11.1 Å². The number of likely N-dealkylation sites (N-methyl/N-ethyl adjacent to an activating group) is 1. The first kappa shape index (κ1) is 16.6. The summed E-state index contributed by atoms with van der Waals surface area (Å²) in [5, 5.41) is 5.46. The van der Waals surface area contributed by atoms with Crippen molar-refractivity contribution < 1.29 is 0 Å². The molecule has 0 aromatic heterocycles. The number of aryl methyl sites for hydroxylation is 1. The lowest BCUT2D eigenvalue weighted by Crippen LogP contribution is -2.24. The molecule has 0 heterocycles. The second kappa shape index (κ2) is 7.51. The van der Waals surface area contributed by atoms with E-state index in [0.29, 0.717) is 10.0 Å². The van der Waals surface area contributed by atoms with Crippen molar-refractivity contribution in [2.75, 3.05) is 6.54 Å². The van der Waals surface area contributed by atoms with Crippen molar-refractivity contribution in [3.63, 3.8) is 0 Å². The third-order valence-electron chi connectivity index (χ3n) is 3.52. The molecule has 0 amide bonds. The maximum atomic E-state index is 6.31. The summed E-state index contributed by atoms with van der Waals surface area (Å²) in [6, 6.07) is 11.9. The number of nitrogens with one attached hydrogen (secondary N) is 1. The molecule has 0 aliphatic carbocycles. The molecule has 0 bridgehead atoms. The zero-order valence-corrected chi connectivity index (χ0v) is 14.4.